The summed E-state index contributed by atoms with van der Waals surface area (Å²) in [5, 5.41) is 14.5. The molecule has 0 heterocycles. The standard InChI is InChI=1S/C22H30ClNO6.Na/c1-2-6-19(25)29-21(16-7-4-3-5-8-16)30-22(28)24-14-13-18(20(26)27)15-9-11-17(23)12-10-15;/h9-12,16,18,21H,2-8,13-14H2,1H3,(H,24,28)(H,26,27);/q;+1/p-1. The van der Waals surface area contributed by atoms with E-state index in [4.69, 9.17) is 21.1 Å². The summed E-state index contributed by atoms with van der Waals surface area (Å²) in [5.74, 6) is -2.53. The van der Waals surface area contributed by atoms with E-state index in [2.05, 4.69) is 5.32 Å². The molecule has 0 saturated heterocycles. The molecule has 0 aliphatic heterocycles. The number of ether oxygens (including phenoxy) is 2. The fourth-order valence-corrected chi connectivity index (χ4v) is 3.72. The predicted molar refractivity (Wildman–Crippen MR) is 110 cm³/mol. The van der Waals surface area contributed by atoms with Crippen LogP contribution < -0.4 is 40.0 Å². The second-order valence-corrected chi connectivity index (χ2v) is 7.99. The van der Waals surface area contributed by atoms with Gasteiger partial charge in [0, 0.05) is 35.8 Å². The normalized spacial score (nSPS) is 15.8. The number of alkyl carbamates (subject to hydrolysis) is 1. The maximum absolute atomic E-state index is 12.3. The first-order valence-electron chi connectivity index (χ1n) is 10.5. The molecule has 31 heavy (non-hydrogen) atoms. The van der Waals surface area contributed by atoms with Gasteiger partial charge in [-0.25, -0.2) is 4.79 Å². The number of esters is 1. The van der Waals surface area contributed by atoms with Crippen LogP contribution in [-0.4, -0.2) is 30.9 Å². The number of halogens is 1. The van der Waals surface area contributed by atoms with Crippen molar-refractivity contribution in [1.29, 1.82) is 0 Å². The molecule has 1 aromatic carbocycles. The van der Waals surface area contributed by atoms with Crippen LogP contribution in [0.2, 0.25) is 5.02 Å². The summed E-state index contributed by atoms with van der Waals surface area (Å²) in [6.45, 7) is 1.94. The Morgan fingerprint density at radius 1 is 1.13 bits per heavy atom. The number of hydrogen-bond donors (Lipinski definition) is 1. The first-order valence-corrected chi connectivity index (χ1v) is 10.9. The van der Waals surface area contributed by atoms with Gasteiger partial charge >= 0.3 is 41.6 Å². The van der Waals surface area contributed by atoms with Crippen molar-refractivity contribution in [3.05, 3.63) is 34.9 Å². The zero-order valence-corrected chi connectivity index (χ0v) is 21.0. The van der Waals surface area contributed by atoms with Crippen LogP contribution in [0.25, 0.3) is 0 Å². The second kappa shape index (κ2) is 14.7. The minimum atomic E-state index is -1.24. The predicted octanol–water partition coefficient (Wildman–Crippen LogP) is 0.544. The maximum Gasteiger partial charge on any atom is 1.00 e. The third-order valence-electron chi connectivity index (χ3n) is 5.22. The third kappa shape index (κ3) is 9.81. The van der Waals surface area contributed by atoms with Gasteiger partial charge in [-0.05, 0) is 43.4 Å². The van der Waals surface area contributed by atoms with E-state index in [1.165, 1.54) is 0 Å². The van der Waals surface area contributed by atoms with E-state index in [1.54, 1.807) is 24.3 Å². The molecule has 2 atom stereocenters. The molecule has 1 fully saturated rings. The molecule has 2 rings (SSSR count). The summed E-state index contributed by atoms with van der Waals surface area (Å²) in [6, 6.07) is 6.45. The van der Waals surface area contributed by atoms with Crippen molar-refractivity contribution in [3.8, 4) is 0 Å². The monoisotopic (exact) mass is 461 g/mol. The van der Waals surface area contributed by atoms with Crippen LogP contribution in [0.4, 0.5) is 4.79 Å². The van der Waals surface area contributed by atoms with Crippen molar-refractivity contribution < 1.29 is 58.5 Å². The number of amides is 1. The van der Waals surface area contributed by atoms with Gasteiger partial charge in [0.1, 0.15) is 0 Å². The molecule has 7 nitrogen and oxygen atoms in total. The van der Waals surface area contributed by atoms with Gasteiger partial charge in [0.2, 0.25) is 0 Å². The Hall–Kier alpha value is -1.28. The van der Waals surface area contributed by atoms with E-state index in [0.717, 1.165) is 32.1 Å². The van der Waals surface area contributed by atoms with Crippen LogP contribution in [0.15, 0.2) is 24.3 Å². The summed E-state index contributed by atoms with van der Waals surface area (Å²) in [6.07, 6.45) is 4.19. The van der Waals surface area contributed by atoms with Crippen molar-refractivity contribution in [3.63, 3.8) is 0 Å². The van der Waals surface area contributed by atoms with Gasteiger partial charge in [0.05, 0.1) is 0 Å². The van der Waals surface area contributed by atoms with Crippen molar-refractivity contribution in [2.24, 2.45) is 5.92 Å². The average molecular weight is 462 g/mol. The van der Waals surface area contributed by atoms with E-state index >= 15 is 0 Å². The van der Waals surface area contributed by atoms with Crippen molar-refractivity contribution in [1.82, 2.24) is 5.32 Å². The number of rotatable bonds is 10. The fourth-order valence-electron chi connectivity index (χ4n) is 3.60. The number of carboxylic acids is 1. The van der Waals surface area contributed by atoms with Crippen LogP contribution in [-0.2, 0) is 19.1 Å². The number of benzene rings is 1. The summed E-state index contributed by atoms with van der Waals surface area (Å²) in [7, 11) is 0. The first kappa shape index (κ1) is 27.8. The molecule has 0 aromatic heterocycles. The molecule has 0 radical (unpaired) electrons. The molecular formula is C22H29ClNNaO6. The second-order valence-electron chi connectivity index (χ2n) is 7.55. The zero-order chi connectivity index (χ0) is 21.9. The third-order valence-corrected chi connectivity index (χ3v) is 5.47. The van der Waals surface area contributed by atoms with E-state index in [-0.39, 0.29) is 60.8 Å². The Balaban J connectivity index is 0.00000480. The molecular weight excluding hydrogens is 433 g/mol. The molecule has 1 saturated carbocycles. The smallest absolute Gasteiger partial charge is 0.549 e. The zero-order valence-electron chi connectivity index (χ0n) is 18.2. The number of aliphatic carboxylic acids is 1. The summed E-state index contributed by atoms with van der Waals surface area (Å²) in [5.41, 5.74) is 0.545. The molecule has 0 spiro atoms. The molecule has 9 heteroatoms. The average Bonchev–Trinajstić information content (AvgIpc) is 2.72. The Labute approximate surface area is 210 Å². The van der Waals surface area contributed by atoms with Crippen LogP contribution >= 0.6 is 11.6 Å². The Kier molecular flexibility index (Phi) is 13.2. The Bertz CT molecular complexity index is 708. The van der Waals surface area contributed by atoms with Crippen LogP contribution in [0.5, 0.6) is 0 Å². The van der Waals surface area contributed by atoms with Crippen LogP contribution in [0.1, 0.15) is 69.8 Å². The number of carbonyl (C=O) groups is 3. The molecule has 1 aromatic rings. The largest absolute Gasteiger partial charge is 1.00 e. The summed E-state index contributed by atoms with van der Waals surface area (Å²) < 4.78 is 10.8. The van der Waals surface area contributed by atoms with Crippen LogP contribution in [0.3, 0.4) is 0 Å². The molecule has 1 aliphatic carbocycles. The molecule has 0 bridgehead atoms. The quantitative estimate of drug-likeness (QED) is 0.310. The Morgan fingerprint density at radius 3 is 2.35 bits per heavy atom. The van der Waals surface area contributed by atoms with Gasteiger partial charge in [-0.3, -0.25) is 4.79 Å². The van der Waals surface area contributed by atoms with Crippen LogP contribution in [0, 0.1) is 5.92 Å². The van der Waals surface area contributed by atoms with Gasteiger partial charge in [-0.1, -0.05) is 49.9 Å². The van der Waals surface area contributed by atoms with Gasteiger partial charge in [0.25, 0.3) is 6.29 Å². The van der Waals surface area contributed by atoms with Gasteiger partial charge in [0.15, 0.2) is 0 Å². The number of nitrogens with one attached hydrogen (secondary N) is 1. The number of carbonyl (C=O) groups excluding carboxylic acids is 3. The Morgan fingerprint density at radius 2 is 1.77 bits per heavy atom. The van der Waals surface area contributed by atoms with Gasteiger partial charge in [-0.15, -0.1) is 0 Å². The van der Waals surface area contributed by atoms with Gasteiger partial charge in [-0.2, -0.15) is 0 Å². The van der Waals surface area contributed by atoms with E-state index in [0.29, 0.717) is 17.0 Å². The van der Waals surface area contributed by atoms with E-state index in [1.807, 2.05) is 6.92 Å². The van der Waals surface area contributed by atoms with Gasteiger partial charge < -0.3 is 24.7 Å². The molecule has 1 amide bonds. The molecule has 1 N–H and O–H groups in total. The fraction of sp³-hybridized carbons (Fsp3) is 0.591. The molecule has 166 valence electrons. The molecule has 2 unspecified atom stereocenters. The maximum atomic E-state index is 12.3. The van der Waals surface area contributed by atoms with Crippen molar-refractivity contribution >= 4 is 29.6 Å². The topological polar surface area (TPSA) is 105 Å². The number of hydrogen-bond acceptors (Lipinski definition) is 6. The van der Waals surface area contributed by atoms with Crippen molar-refractivity contribution in [2.45, 2.75) is 70.5 Å². The first-order chi connectivity index (χ1) is 14.4. The number of carboxylic acid groups (broad SMARTS) is 1. The van der Waals surface area contributed by atoms with Crippen molar-refractivity contribution in [2.75, 3.05) is 6.54 Å². The summed E-state index contributed by atoms with van der Waals surface area (Å²) >= 11 is 5.84. The van der Waals surface area contributed by atoms with E-state index < -0.39 is 24.3 Å². The minimum Gasteiger partial charge on any atom is -0.549 e. The summed E-state index contributed by atoms with van der Waals surface area (Å²) in [4.78, 5) is 35.7. The minimum absolute atomic E-state index is 0. The molecule has 1 aliphatic rings. The van der Waals surface area contributed by atoms with E-state index in [9.17, 15) is 19.5 Å². The SMILES string of the molecule is CCCC(=O)OC(OC(=O)NCCC(C(=O)[O-])c1ccc(Cl)cc1)C1CCCCC1.[Na+].